The number of ketones is 2. The summed E-state index contributed by atoms with van der Waals surface area (Å²) in [6.07, 6.45) is 2.14. The molecule has 0 bridgehead atoms. The molecule has 0 atom stereocenters. The Morgan fingerprint density at radius 2 is 1.76 bits per heavy atom. The molecule has 13 heteroatoms. The third-order valence-corrected chi connectivity index (χ3v) is 5.81. The third-order valence-electron chi connectivity index (χ3n) is 4.89. The van der Waals surface area contributed by atoms with E-state index in [1.54, 1.807) is 30.3 Å². The Labute approximate surface area is 220 Å². The number of unbranched alkanes of at least 4 members (excludes halogenated alkanes) is 1. The number of amides is 1. The molecule has 38 heavy (non-hydrogen) atoms. The molecule has 0 spiro atoms. The summed E-state index contributed by atoms with van der Waals surface area (Å²) < 4.78 is 40.6. The van der Waals surface area contributed by atoms with Crippen LogP contribution in [0.1, 0.15) is 30.1 Å². The minimum atomic E-state index is -4.30. The fourth-order valence-electron chi connectivity index (χ4n) is 3.06. The molecule has 0 saturated heterocycles. The summed E-state index contributed by atoms with van der Waals surface area (Å²) in [5.74, 6) is -1.38. The number of carbonyl (C=O) groups is 4. The van der Waals surface area contributed by atoms with Crippen LogP contribution in [-0.4, -0.2) is 71.7 Å². The van der Waals surface area contributed by atoms with Gasteiger partial charge in [0.05, 0.1) is 12.2 Å². The smallest absolute Gasteiger partial charge is 0.246 e. The van der Waals surface area contributed by atoms with Crippen LogP contribution in [0.4, 0.5) is 5.69 Å². The van der Waals surface area contributed by atoms with Crippen molar-refractivity contribution in [3.8, 4) is 11.5 Å². The highest BCUT2D eigenvalue weighted by Gasteiger charge is 2.24. The van der Waals surface area contributed by atoms with Crippen molar-refractivity contribution in [2.45, 2.75) is 24.7 Å². The second kappa shape index (κ2) is 15.6. The third kappa shape index (κ3) is 10.4. The summed E-state index contributed by atoms with van der Waals surface area (Å²) >= 11 is 0. The first-order chi connectivity index (χ1) is 18.2. The number of para-hydroxylation sites is 1. The standard InChI is InChI=1S/C25H31N3O9S/c1-2-3-9-27-21-12-18(13-23(38(26,33)34)25(21)37-20-7-5-4-6-8-20)22(31)16-36-17-24(32)28-14-19(30)15-35-11-10-29/h4-8,10,12-13,27H,2-3,9,11,14-17H2,1H3,(H,28,32)(H2,26,33,34). The monoisotopic (exact) mass is 549 g/mol. The van der Waals surface area contributed by atoms with Crippen molar-refractivity contribution in [2.75, 3.05) is 44.8 Å². The maximum atomic E-state index is 12.8. The Bertz CT molecular complexity index is 1220. The van der Waals surface area contributed by atoms with Gasteiger partial charge in [0.25, 0.3) is 0 Å². The summed E-state index contributed by atoms with van der Waals surface area (Å²) in [5, 5.41) is 10.9. The Kier molecular flexibility index (Phi) is 12.5. The molecule has 0 saturated carbocycles. The Morgan fingerprint density at radius 1 is 1.03 bits per heavy atom. The number of primary sulfonamides is 1. The average Bonchev–Trinajstić information content (AvgIpc) is 2.88. The highest BCUT2D eigenvalue weighted by Crippen LogP contribution is 2.37. The van der Waals surface area contributed by atoms with Crippen molar-refractivity contribution in [1.29, 1.82) is 0 Å². The van der Waals surface area contributed by atoms with Crippen molar-refractivity contribution < 1.29 is 41.8 Å². The van der Waals surface area contributed by atoms with Gasteiger partial charge in [0.15, 0.2) is 17.3 Å². The minimum absolute atomic E-state index is 0.0173. The lowest BCUT2D eigenvalue weighted by molar-refractivity contribution is -0.130. The molecular weight excluding hydrogens is 518 g/mol. The lowest BCUT2D eigenvalue weighted by atomic mass is 10.1. The van der Waals surface area contributed by atoms with Gasteiger partial charge >= 0.3 is 0 Å². The van der Waals surface area contributed by atoms with Gasteiger partial charge in [0, 0.05) is 12.1 Å². The van der Waals surface area contributed by atoms with E-state index in [1.807, 2.05) is 6.92 Å². The van der Waals surface area contributed by atoms with Crippen LogP contribution in [-0.2, 0) is 33.9 Å². The van der Waals surface area contributed by atoms with Crippen molar-refractivity contribution in [1.82, 2.24) is 5.32 Å². The number of hydrogen-bond acceptors (Lipinski definition) is 10. The molecule has 4 N–H and O–H groups in total. The maximum absolute atomic E-state index is 12.8. The SMILES string of the molecule is CCCCNc1cc(C(=O)COCC(=O)NCC(=O)COCC=O)cc(S(N)(=O)=O)c1Oc1ccccc1. The molecule has 0 aliphatic heterocycles. The number of nitrogens with one attached hydrogen (secondary N) is 2. The molecule has 0 heterocycles. The van der Waals surface area contributed by atoms with Crippen LogP contribution < -0.4 is 20.5 Å². The predicted molar refractivity (Wildman–Crippen MR) is 138 cm³/mol. The first kappa shape index (κ1) is 30.6. The quantitative estimate of drug-likeness (QED) is 0.140. The van der Waals surface area contributed by atoms with Gasteiger partial charge in [-0.15, -0.1) is 0 Å². The summed E-state index contributed by atoms with van der Waals surface area (Å²) in [7, 11) is -4.30. The van der Waals surface area contributed by atoms with Crippen LogP contribution in [0.25, 0.3) is 0 Å². The number of benzene rings is 2. The van der Waals surface area contributed by atoms with Gasteiger partial charge in [-0.2, -0.15) is 0 Å². The number of aldehydes is 1. The van der Waals surface area contributed by atoms with E-state index in [2.05, 4.69) is 10.6 Å². The van der Waals surface area contributed by atoms with Crippen LogP contribution in [0.2, 0.25) is 0 Å². The van der Waals surface area contributed by atoms with Crippen molar-refractivity contribution in [3.63, 3.8) is 0 Å². The second-order valence-corrected chi connectivity index (χ2v) is 9.53. The molecule has 1 amide bonds. The average molecular weight is 550 g/mol. The first-order valence-electron chi connectivity index (χ1n) is 11.7. The summed E-state index contributed by atoms with van der Waals surface area (Å²) in [5.41, 5.74) is 0.238. The number of Topliss-reactive ketones (excluding diaryl/α,β-unsaturated/α-hetero) is 2. The van der Waals surface area contributed by atoms with Crippen molar-refractivity contribution in [2.24, 2.45) is 5.14 Å². The number of hydrogen-bond donors (Lipinski definition) is 3. The summed E-state index contributed by atoms with van der Waals surface area (Å²) in [4.78, 5) is 46.0. The minimum Gasteiger partial charge on any atom is -0.454 e. The number of ether oxygens (including phenoxy) is 3. The predicted octanol–water partition coefficient (Wildman–Crippen LogP) is 1.44. The van der Waals surface area contributed by atoms with Crippen molar-refractivity contribution >= 4 is 39.5 Å². The van der Waals surface area contributed by atoms with E-state index in [0.717, 1.165) is 18.9 Å². The Morgan fingerprint density at radius 3 is 2.42 bits per heavy atom. The number of carbonyl (C=O) groups excluding carboxylic acids is 4. The Hall–Kier alpha value is -3.65. The van der Waals surface area contributed by atoms with Crippen LogP contribution in [0.15, 0.2) is 47.4 Å². The maximum Gasteiger partial charge on any atom is 0.246 e. The molecule has 2 aromatic carbocycles. The number of anilines is 1. The highest BCUT2D eigenvalue weighted by atomic mass is 32.2. The number of nitrogens with two attached hydrogens (primary N) is 1. The first-order valence-corrected chi connectivity index (χ1v) is 13.3. The number of rotatable bonds is 18. The zero-order valence-electron chi connectivity index (χ0n) is 20.9. The fraction of sp³-hybridized carbons (Fsp3) is 0.360. The van der Waals surface area contributed by atoms with Gasteiger partial charge in [-0.3, -0.25) is 14.4 Å². The van der Waals surface area contributed by atoms with E-state index in [1.165, 1.54) is 6.07 Å². The van der Waals surface area contributed by atoms with Gasteiger partial charge in [0.2, 0.25) is 15.9 Å². The van der Waals surface area contributed by atoms with E-state index in [4.69, 9.17) is 19.3 Å². The highest BCUT2D eigenvalue weighted by molar-refractivity contribution is 7.89. The van der Waals surface area contributed by atoms with Crippen molar-refractivity contribution in [3.05, 3.63) is 48.0 Å². The van der Waals surface area contributed by atoms with E-state index in [0.29, 0.717) is 18.6 Å². The number of sulfonamides is 1. The molecule has 0 radical (unpaired) electrons. The van der Waals surface area contributed by atoms with Crippen LogP contribution in [0, 0.1) is 0 Å². The Balaban J connectivity index is 2.14. The van der Waals surface area contributed by atoms with E-state index < -0.39 is 40.7 Å². The molecule has 2 aromatic rings. The largest absolute Gasteiger partial charge is 0.454 e. The lowest BCUT2D eigenvalue weighted by Gasteiger charge is -2.18. The van der Waals surface area contributed by atoms with E-state index in [9.17, 15) is 27.6 Å². The molecule has 2 rings (SSSR count). The summed E-state index contributed by atoms with van der Waals surface area (Å²) in [6.45, 7) is 0.524. The lowest BCUT2D eigenvalue weighted by Crippen LogP contribution is -2.34. The topological polar surface area (TPSA) is 180 Å². The van der Waals surface area contributed by atoms with E-state index in [-0.39, 0.29) is 41.7 Å². The van der Waals surface area contributed by atoms with Crippen LogP contribution >= 0.6 is 0 Å². The molecule has 0 unspecified atom stereocenters. The van der Waals surface area contributed by atoms with Gasteiger partial charge < -0.3 is 29.6 Å². The van der Waals surface area contributed by atoms with Gasteiger partial charge in [-0.1, -0.05) is 31.5 Å². The van der Waals surface area contributed by atoms with Gasteiger partial charge in [-0.25, -0.2) is 13.6 Å². The van der Waals surface area contributed by atoms with Crippen LogP contribution in [0.5, 0.6) is 11.5 Å². The fourth-order valence-corrected chi connectivity index (χ4v) is 3.76. The van der Waals surface area contributed by atoms with Gasteiger partial charge in [-0.05, 0) is 30.7 Å². The molecule has 12 nitrogen and oxygen atoms in total. The molecular formula is C25H31N3O9S. The molecule has 0 aliphatic rings. The van der Waals surface area contributed by atoms with Gasteiger partial charge in [0.1, 0.15) is 43.4 Å². The normalized spacial score (nSPS) is 11.0. The molecule has 0 aromatic heterocycles. The van der Waals surface area contributed by atoms with Crippen LogP contribution in [0.3, 0.4) is 0 Å². The molecule has 0 fully saturated rings. The van der Waals surface area contributed by atoms with E-state index >= 15 is 0 Å². The molecule has 0 aliphatic carbocycles. The zero-order valence-corrected chi connectivity index (χ0v) is 21.8. The summed E-state index contributed by atoms with van der Waals surface area (Å²) in [6, 6.07) is 11.0. The zero-order chi connectivity index (χ0) is 28.0. The molecule has 206 valence electrons. The second-order valence-electron chi connectivity index (χ2n) is 8.00.